The van der Waals surface area contributed by atoms with E-state index in [9.17, 15) is 0 Å². The van der Waals surface area contributed by atoms with Gasteiger partial charge in [-0.15, -0.1) is 0 Å². The van der Waals surface area contributed by atoms with Crippen molar-refractivity contribution in [3.05, 3.63) is 34.9 Å². The van der Waals surface area contributed by atoms with E-state index in [1.54, 1.807) is 7.11 Å². The first-order valence-corrected chi connectivity index (χ1v) is 6.95. The van der Waals surface area contributed by atoms with Crippen molar-refractivity contribution < 1.29 is 4.74 Å². The normalized spacial score (nSPS) is 12.7. The second-order valence-corrected chi connectivity index (χ2v) is 5.06. The molecular weight excluding hydrogens is 222 g/mol. The molecule has 0 aliphatic rings. The maximum absolute atomic E-state index is 5.19. The van der Waals surface area contributed by atoms with E-state index in [2.05, 4.69) is 44.3 Å². The van der Waals surface area contributed by atoms with Gasteiger partial charge >= 0.3 is 0 Å². The Morgan fingerprint density at radius 2 is 2.00 bits per heavy atom. The molecule has 1 aromatic carbocycles. The van der Waals surface area contributed by atoms with Gasteiger partial charge in [-0.1, -0.05) is 25.1 Å². The molecule has 0 radical (unpaired) electrons. The standard InChI is InChI=1S/C16H27NO/c1-5-9-17-16(8-10-18-4)12-15-7-6-13(2)14(3)11-15/h6-7,11,16-17H,5,8-10,12H2,1-4H3. The predicted octanol–water partition coefficient (Wildman–Crippen LogP) is 3.25. The molecule has 1 atom stereocenters. The van der Waals surface area contributed by atoms with Gasteiger partial charge in [0.25, 0.3) is 0 Å². The number of nitrogens with one attached hydrogen (secondary N) is 1. The minimum Gasteiger partial charge on any atom is -0.385 e. The fourth-order valence-corrected chi connectivity index (χ4v) is 2.10. The number of ether oxygens (including phenoxy) is 1. The molecular formula is C16H27NO. The molecule has 0 aliphatic carbocycles. The second kappa shape index (κ2) is 8.28. The molecule has 1 N–H and O–H groups in total. The van der Waals surface area contributed by atoms with Gasteiger partial charge < -0.3 is 10.1 Å². The molecule has 2 heteroatoms. The average Bonchev–Trinajstić information content (AvgIpc) is 2.37. The molecule has 0 aromatic heterocycles. The van der Waals surface area contributed by atoms with Crippen LogP contribution in [0.4, 0.5) is 0 Å². The fraction of sp³-hybridized carbons (Fsp3) is 0.625. The van der Waals surface area contributed by atoms with Crippen LogP contribution in [0, 0.1) is 13.8 Å². The minimum atomic E-state index is 0.520. The van der Waals surface area contributed by atoms with Crippen LogP contribution in [0.3, 0.4) is 0 Å². The highest BCUT2D eigenvalue weighted by Gasteiger charge is 2.09. The predicted molar refractivity (Wildman–Crippen MR) is 78.2 cm³/mol. The maximum Gasteiger partial charge on any atom is 0.0477 e. The van der Waals surface area contributed by atoms with Crippen LogP contribution in [-0.2, 0) is 11.2 Å². The van der Waals surface area contributed by atoms with E-state index >= 15 is 0 Å². The van der Waals surface area contributed by atoms with Crippen LogP contribution in [-0.4, -0.2) is 26.3 Å². The van der Waals surface area contributed by atoms with Gasteiger partial charge in [0.2, 0.25) is 0 Å². The van der Waals surface area contributed by atoms with Crippen molar-refractivity contribution in [2.45, 2.75) is 46.1 Å². The second-order valence-electron chi connectivity index (χ2n) is 5.06. The molecule has 0 heterocycles. The molecule has 0 saturated carbocycles. The number of hydrogen-bond donors (Lipinski definition) is 1. The van der Waals surface area contributed by atoms with Crippen molar-refractivity contribution in [2.75, 3.05) is 20.3 Å². The first kappa shape index (κ1) is 15.2. The Kier molecular flexibility index (Phi) is 6.99. The third-order valence-corrected chi connectivity index (χ3v) is 3.41. The zero-order valence-electron chi connectivity index (χ0n) is 12.3. The fourth-order valence-electron chi connectivity index (χ4n) is 2.10. The summed E-state index contributed by atoms with van der Waals surface area (Å²) in [6.07, 6.45) is 3.34. The number of benzene rings is 1. The summed E-state index contributed by atoms with van der Waals surface area (Å²) in [5, 5.41) is 3.61. The van der Waals surface area contributed by atoms with E-state index in [1.807, 2.05) is 0 Å². The first-order valence-electron chi connectivity index (χ1n) is 6.95. The van der Waals surface area contributed by atoms with Crippen LogP contribution in [0.1, 0.15) is 36.5 Å². The highest BCUT2D eigenvalue weighted by Crippen LogP contribution is 2.12. The lowest BCUT2D eigenvalue weighted by Crippen LogP contribution is -2.32. The highest BCUT2D eigenvalue weighted by molar-refractivity contribution is 5.30. The zero-order chi connectivity index (χ0) is 13.4. The van der Waals surface area contributed by atoms with Gasteiger partial charge in [-0.25, -0.2) is 0 Å². The topological polar surface area (TPSA) is 21.3 Å². The van der Waals surface area contributed by atoms with Crippen molar-refractivity contribution in [3.8, 4) is 0 Å². The number of methoxy groups -OCH3 is 1. The van der Waals surface area contributed by atoms with Gasteiger partial charge in [0.15, 0.2) is 0 Å². The Bertz CT molecular complexity index is 341. The Morgan fingerprint density at radius 3 is 2.61 bits per heavy atom. The molecule has 0 spiro atoms. The Labute approximate surface area is 112 Å². The van der Waals surface area contributed by atoms with Crippen LogP contribution in [0.2, 0.25) is 0 Å². The Morgan fingerprint density at radius 1 is 1.22 bits per heavy atom. The van der Waals surface area contributed by atoms with Crippen molar-refractivity contribution in [3.63, 3.8) is 0 Å². The minimum absolute atomic E-state index is 0.520. The van der Waals surface area contributed by atoms with Crippen LogP contribution in [0.5, 0.6) is 0 Å². The summed E-state index contributed by atoms with van der Waals surface area (Å²) in [7, 11) is 1.77. The number of aryl methyl sites for hydroxylation is 2. The van der Waals surface area contributed by atoms with Gasteiger partial charge in [0.05, 0.1) is 0 Å². The van der Waals surface area contributed by atoms with Crippen molar-refractivity contribution in [2.24, 2.45) is 0 Å². The summed E-state index contributed by atoms with van der Waals surface area (Å²) in [6.45, 7) is 8.46. The Balaban J connectivity index is 2.59. The van der Waals surface area contributed by atoms with Crippen molar-refractivity contribution >= 4 is 0 Å². The largest absolute Gasteiger partial charge is 0.385 e. The smallest absolute Gasteiger partial charge is 0.0477 e. The zero-order valence-corrected chi connectivity index (χ0v) is 12.3. The third-order valence-electron chi connectivity index (χ3n) is 3.41. The van der Waals surface area contributed by atoms with Gasteiger partial charge in [-0.05, 0) is 56.3 Å². The van der Waals surface area contributed by atoms with Gasteiger partial charge in [-0.2, -0.15) is 0 Å². The molecule has 0 fully saturated rings. The molecule has 0 aliphatic heterocycles. The maximum atomic E-state index is 5.19. The number of rotatable bonds is 8. The van der Waals surface area contributed by atoms with E-state index in [-0.39, 0.29) is 0 Å². The quantitative estimate of drug-likeness (QED) is 0.763. The highest BCUT2D eigenvalue weighted by atomic mass is 16.5. The van der Waals surface area contributed by atoms with E-state index in [0.29, 0.717) is 6.04 Å². The first-order chi connectivity index (χ1) is 8.67. The summed E-state index contributed by atoms with van der Waals surface area (Å²) in [6, 6.07) is 7.29. The molecule has 0 bridgehead atoms. The van der Waals surface area contributed by atoms with Crippen LogP contribution >= 0.6 is 0 Å². The van der Waals surface area contributed by atoms with Gasteiger partial charge in [0, 0.05) is 19.8 Å². The van der Waals surface area contributed by atoms with E-state index in [4.69, 9.17) is 4.74 Å². The van der Waals surface area contributed by atoms with E-state index in [0.717, 1.165) is 26.0 Å². The molecule has 1 unspecified atom stereocenters. The van der Waals surface area contributed by atoms with Crippen LogP contribution in [0.25, 0.3) is 0 Å². The molecule has 0 saturated heterocycles. The van der Waals surface area contributed by atoms with E-state index in [1.165, 1.54) is 23.1 Å². The van der Waals surface area contributed by atoms with Crippen LogP contribution < -0.4 is 5.32 Å². The lowest BCUT2D eigenvalue weighted by atomic mass is 9.99. The van der Waals surface area contributed by atoms with Crippen molar-refractivity contribution in [1.82, 2.24) is 5.32 Å². The van der Waals surface area contributed by atoms with Gasteiger partial charge in [-0.3, -0.25) is 0 Å². The summed E-state index contributed by atoms with van der Waals surface area (Å²) in [5.41, 5.74) is 4.17. The summed E-state index contributed by atoms with van der Waals surface area (Å²) in [4.78, 5) is 0. The molecule has 1 aromatic rings. The van der Waals surface area contributed by atoms with Crippen LogP contribution in [0.15, 0.2) is 18.2 Å². The molecule has 1 rings (SSSR count). The number of hydrogen-bond acceptors (Lipinski definition) is 2. The molecule has 2 nitrogen and oxygen atoms in total. The summed E-state index contributed by atoms with van der Waals surface area (Å²) >= 11 is 0. The van der Waals surface area contributed by atoms with E-state index < -0.39 is 0 Å². The Hall–Kier alpha value is -0.860. The van der Waals surface area contributed by atoms with Gasteiger partial charge in [0.1, 0.15) is 0 Å². The SMILES string of the molecule is CCCNC(CCOC)Cc1ccc(C)c(C)c1. The molecule has 102 valence electrons. The lowest BCUT2D eigenvalue weighted by molar-refractivity contribution is 0.182. The summed E-state index contributed by atoms with van der Waals surface area (Å²) in [5.74, 6) is 0. The summed E-state index contributed by atoms with van der Waals surface area (Å²) < 4.78 is 5.19. The van der Waals surface area contributed by atoms with Crippen molar-refractivity contribution in [1.29, 1.82) is 0 Å². The average molecular weight is 249 g/mol. The monoisotopic (exact) mass is 249 g/mol. The molecule has 18 heavy (non-hydrogen) atoms. The third kappa shape index (κ3) is 5.19. The molecule has 0 amide bonds. The lowest BCUT2D eigenvalue weighted by Gasteiger charge is -2.18.